The smallest absolute Gasteiger partial charge is 0.231 e. The summed E-state index contributed by atoms with van der Waals surface area (Å²) in [6, 6.07) is 0. The molecule has 10 heavy (non-hydrogen) atoms. The maximum atomic E-state index is 10.5. The van der Waals surface area contributed by atoms with Gasteiger partial charge in [0.15, 0.2) is 11.6 Å². The van der Waals surface area contributed by atoms with E-state index in [1.54, 1.807) is 6.82 Å². The van der Waals surface area contributed by atoms with Gasteiger partial charge in [-0.1, -0.05) is 6.82 Å². The van der Waals surface area contributed by atoms with Crippen LogP contribution in [0.15, 0.2) is 0 Å². The molecule has 2 amide bonds. The lowest BCUT2D eigenvalue weighted by Crippen LogP contribution is -2.25. The van der Waals surface area contributed by atoms with Crippen LogP contribution >= 0.6 is 12.1 Å². The van der Waals surface area contributed by atoms with Gasteiger partial charge in [-0.15, -0.1) is 0 Å². The van der Waals surface area contributed by atoms with Crippen LogP contribution in [0, 0.1) is 0 Å². The molecular weight excluding hydrogens is 150 g/mol. The van der Waals surface area contributed by atoms with Crippen LogP contribution in [0.3, 0.4) is 0 Å². The molecule has 0 radical (unpaired) electrons. The van der Waals surface area contributed by atoms with Gasteiger partial charge in [-0.2, -0.15) is 0 Å². The van der Waals surface area contributed by atoms with Crippen LogP contribution in [0.2, 0.25) is 6.82 Å². The molecule has 0 rings (SSSR count). The largest absolute Gasteiger partial charge is 0.292 e. The molecule has 0 aromatic carbocycles. The van der Waals surface area contributed by atoms with E-state index in [1.807, 2.05) is 0 Å². The molecule has 2 N–H and O–H groups in total. The van der Waals surface area contributed by atoms with Gasteiger partial charge in [-0.3, -0.25) is 19.0 Å². The lowest BCUT2D eigenvalue weighted by molar-refractivity contribution is 0.263. The van der Waals surface area contributed by atoms with E-state index in [-0.39, 0.29) is 11.6 Å². The van der Waals surface area contributed by atoms with Crippen molar-refractivity contribution in [2.24, 2.45) is 0 Å². The topological polar surface area (TPSA) is 58.2 Å². The van der Waals surface area contributed by atoms with Crippen molar-refractivity contribution in [2.75, 3.05) is 0 Å². The third kappa shape index (κ3) is 5.55. The Morgan fingerprint density at radius 3 is 2.50 bits per heavy atom. The minimum Gasteiger partial charge on any atom is -0.292 e. The summed E-state index contributed by atoms with van der Waals surface area (Å²) in [5.41, 5.74) is 0. The zero-order chi connectivity index (χ0) is 7.98. The van der Waals surface area contributed by atoms with E-state index in [0.29, 0.717) is 7.28 Å². The van der Waals surface area contributed by atoms with Crippen molar-refractivity contribution >= 4 is 38.9 Å². The fourth-order valence-corrected chi connectivity index (χ4v) is 0.679. The first-order valence-corrected chi connectivity index (χ1v) is 3.69. The quantitative estimate of drug-likeness (QED) is 0.412. The first kappa shape index (κ1) is 9.42. The third-order valence-corrected chi connectivity index (χ3v) is 1.40. The van der Waals surface area contributed by atoms with E-state index in [0.717, 1.165) is 12.1 Å². The van der Waals surface area contributed by atoms with E-state index in [2.05, 4.69) is 9.44 Å². The minimum atomic E-state index is -0.179. The lowest BCUT2D eigenvalue weighted by Gasteiger charge is -2.00. The van der Waals surface area contributed by atoms with Crippen molar-refractivity contribution in [2.45, 2.75) is 6.82 Å². The SMILES string of the molecule is BC(=O)NSNC(=O)BC. The molecule has 54 valence electrons. The molecule has 0 aliphatic heterocycles. The molecule has 0 aromatic heterocycles. The van der Waals surface area contributed by atoms with E-state index in [4.69, 9.17) is 0 Å². The van der Waals surface area contributed by atoms with E-state index >= 15 is 0 Å². The van der Waals surface area contributed by atoms with Crippen LogP contribution in [0.25, 0.3) is 0 Å². The second-order valence-electron chi connectivity index (χ2n) is 1.64. The highest BCUT2D eigenvalue weighted by molar-refractivity contribution is 7.96. The zero-order valence-electron chi connectivity index (χ0n) is 5.93. The van der Waals surface area contributed by atoms with Gasteiger partial charge in [0.05, 0.1) is 12.1 Å². The number of hydrogen-bond acceptors (Lipinski definition) is 3. The van der Waals surface area contributed by atoms with Gasteiger partial charge in [0, 0.05) is 0 Å². The van der Waals surface area contributed by atoms with Gasteiger partial charge < -0.3 is 0 Å². The fourth-order valence-electron chi connectivity index (χ4n) is 0.226. The summed E-state index contributed by atoms with van der Waals surface area (Å²) in [7, 11) is 1.80. The number of nitrogens with one attached hydrogen (secondary N) is 2. The Balaban J connectivity index is 3.20. The molecule has 7 heteroatoms. The second kappa shape index (κ2) is 5.22. The molecule has 0 aliphatic rings. The summed E-state index contributed by atoms with van der Waals surface area (Å²) < 4.78 is 4.77. The van der Waals surface area contributed by atoms with Crippen molar-refractivity contribution in [3.63, 3.8) is 0 Å². The van der Waals surface area contributed by atoms with Crippen molar-refractivity contribution in [1.82, 2.24) is 9.44 Å². The predicted molar refractivity (Wildman–Crippen MR) is 46.2 cm³/mol. The number of rotatable bonds is 3. The van der Waals surface area contributed by atoms with Gasteiger partial charge in [-0.05, 0) is 0 Å². The number of hydrogen-bond donors (Lipinski definition) is 2. The molecule has 0 saturated carbocycles. The predicted octanol–water partition coefficient (Wildman–Crippen LogP) is -0.913. The Morgan fingerprint density at radius 2 is 2.10 bits per heavy atom. The molecule has 0 spiro atoms. The number of carbonyl (C=O) groups excluding carboxylic acids is 2. The fraction of sp³-hybridized carbons (Fsp3) is 0.333. The Kier molecular flexibility index (Phi) is 4.92. The van der Waals surface area contributed by atoms with Crippen LogP contribution < -0.4 is 9.44 Å². The van der Waals surface area contributed by atoms with Crippen molar-refractivity contribution in [1.29, 1.82) is 0 Å². The van der Waals surface area contributed by atoms with E-state index in [9.17, 15) is 9.59 Å². The average molecular weight is 158 g/mol. The van der Waals surface area contributed by atoms with Crippen LogP contribution in [0.4, 0.5) is 9.59 Å². The maximum absolute atomic E-state index is 10.5. The monoisotopic (exact) mass is 158 g/mol. The molecule has 4 nitrogen and oxygen atoms in total. The lowest BCUT2D eigenvalue weighted by atomic mass is 9.82. The summed E-state index contributed by atoms with van der Waals surface area (Å²) in [6.45, 7) is 1.74. The first-order chi connectivity index (χ1) is 4.66. The molecule has 0 heterocycles. The Hall–Kier alpha value is -0.580. The average Bonchev–Trinajstić information content (AvgIpc) is 1.87. The van der Waals surface area contributed by atoms with Crippen molar-refractivity contribution < 1.29 is 9.59 Å². The van der Waals surface area contributed by atoms with Gasteiger partial charge in [0.1, 0.15) is 0 Å². The van der Waals surface area contributed by atoms with Crippen molar-refractivity contribution in [3.8, 4) is 0 Å². The summed E-state index contributed by atoms with van der Waals surface area (Å²) >= 11 is 0.895. The van der Waals surface area contributed by atoms with Gasteiger partial charge in [-0.25, -0.2) is 0 Å². The highest BCUT2D eigenvalue weighted by Gasteiger charge is 1.97. The number of carbonyl (C=O) groups is 2. The maximum Gasteiger partial charge on any atom is 0.231 e. The van der Waals surface area contributed by atoms with Crippen molar-refractivity contribution in [3.05, 3.63) is 0 Å². The van der Waals surface area contributed by atoms with E-state index in [1.165, 1.54) is 7.85 Å². The summed E-state index contributed by atoms with van der Waals surface area (Å²) in [4.78, 5) is 20.7. The molecule has 0 unspecified atom stereocenters. The zero-order valence-corrected chi connectivity index (χ0v) is 6.75. The molecular formula is C3H8B2N2O2S. The normalized spacial score (nSPS) is 8.10. The standard InChI is InChI=1S/C3H8B2N2O2S/c1-5-3(9)7-10-6-2(4)8/h5H,4H2,1H3,(H,6,8)(H,7,9). The van der Waals surface area contributed by atoms with Gasteiger partial charge >= 0.3 is 0 Å². The van der Waals surface area contributed by atoms with Crippen LogP contribution in [0.5, 0.6) is 0 Å². The molecule has 0 fully saturated rings. The van der Waals surface area contributed by atoms with Crippen LogP contribution in [-0.2, 0) is 0 Å². The van der Waals surface area contributed by atoms with Crippen LogP contribution in [-0.4, -0.2) is 26.7 Å². The Bertz CT molecular complexity index is 142. The molecule has 0 saturated heterocycles. The highest BCUT2D eigenvalue weighted by atomic mass is 32.2. The van der Waals surface area contributed by atoms with E-state index < -0.39 is 0 Å². The summed E-state index contributed by atoms with van der Waals surface area (Å²) in [5, 5.41) is 0. The molecule has 0 atom stereocenters. The number of amides is 2. The molecule has 0 aliphatic carbocycles. The van der Waals surface area contributed by atoms with Gasteiger partial charge in [0.2, 0.25) is 15.1 Å². The minimum absolute atomic E-state index is 0.0984. The summed E-state index contributed by atoms with van der Waals surface area (Å²) in [6.07, 6.45) is 0. The first-order valence-electron chi connectivity index (χ1n) is 2.88. The second-order valence-corrected chi connectivity index (χ2v) is 2.25. The highest BCUT2D eigenvalue weighted by Crippen LogP contribution is 1.83. The van der Waals surface area contributed by atoms with Gasteiger partial charge in [0.25, 0.3) is 0 Å². The summed E-state index contributed by atoms with van der Waals surface area (Å²) in [5.74, 6) is -0.278. The third-order valence-electron chi connectivity index (χ3n) is 0.681. The Labute approximate surface area is 65.4 Å². The molecule has 0 bridgehead atoms. The van der Waals surface area contributed by atoms with Crippen LogP contribution in [0.1, 0.15) is 0 Å². The Morgan fingerprint density at radius 1 is 1.50 bits per heavy atom. The molecule has 0 aromatic rings.